The van der Waals surface area contributed by atoms with Crippen molar-refractivity contribution in [2.24, 2.45) is 0 Å². The summed E-state index contributed by atoms with van der Waals surface area (Å²) in [6.45, 7) is 1.46. The van der Waals surface area contributed by atoms with Crippen molar-refractivity contribution >= 4 is 62.5 Å². The molecule has 1 unspecified atom stereocenters. The lowest BCUT2D eigenvalue weighted by molar-refractivity contribution is -0.118. The van der Waals surface area contributed by atoms with Crippen LogP contribution in [0.5, 0.6) is 5.88 Å². The van der Waals surface area contributed by atoms with Gasteiger partial charge in [0.2, 0.25) is 23.2 Å². The van der Waals surface area contributed by atoms with E-state index in [1.165, 1.54) is 23.6 Å². The summed E-state index contributed by atoms with van der Waals surface area (Å²) in [5.74, 6) is 0.0222. The van der Waals surface area contributed by atoms with Gasteiger partial charge in [0.25, 0.3) is 0 Å². The minimum Gasteiger partial charge on any atom is -0.447 e. The second-order valence-corrected chi connectivity index (χ2v) is 8.59. The molecule has 6 nitrogen and oxygen atoms in total. The second-order valence-electron chi connectivity index (χ2n) is 6.12. The number of amides is 1. The summed E-state index contributed by atoms with van der Waals surface area (Å²) in [6, 6.07) is 10.7. The lowest BCUT2D eigenvalue weighted by Crippen LogP contribution is -2.36. The van der Waals surface area contributed by atoms with Gasteiger partial charge in [0.1, 0.15) is 0 Å². The molecule has 0 saturated carbocycles. The molecule has 1 amide bonds. The molecule has 1 aliphatic rings. The maximum Gasteiger partial charge on any atom is 0.247 e. The van der Waals surface area contributed by atoms with Crippen molar-refractivity contribution in [2.45, 2.75) is 18.3 Å². The van der Waals surface area contributed by atoms with Gasteiger partial charge in [-0.15, -0.1) is 10.2 Å². The molecule has 2 heterocycles. The number of aromatic nitrogens is 3. The SMILES string of the molecule is CSc1nnc2c(n1)OC(c1cccc(Cl)c1Cl)N(C(C)=O)c1ccc(Br)cc1-2. The Morgan fingerprint density at radius 2 is 2.03 bits per heavy atom. The summed E-state index contributed by atoms with van der Waals surface area (Å²) in [7, 11) is 0. The van der Waals surface area contributed by atoms with Crippen molar-refractivity contribution in [1.29, 1.82) is 0 Å². The molecule has 0 saturated heterocycles. The van der Waals surface area contributed by atoms with Gasteiger partial charge in [-0.25, -0.2) is 0 Å². The normalized spacial score (nSPS) is 15.2. The predicted molar refractivity (Wildman–Crippen MR) is 118 cm³/mol. The van der Waals surface area contributed by atoms with Gasteiger partial charge in [-0.3, -0.25) is 9.69 Å². The fourth-order valence-electron chi connectivity index (χ4n) is 3.08. The largest absolute Gasteiger partial charge is 0.447 e. The quantitative estimate of drug-likeness (QED) is 0.406. The van der Waals surface area contributed by atoms with E-state index in [0.717, 1.165) is 4.47 Å². The van der Waals surface area contributed by atoms with E-state index in [1.54, 1.807) is 18.2 Å². The lowest BCUT2D eigenvalue weighted by atomic mass is 10.1. The van der Waals surface area contributed by atoms with E-state index in [1.807, 2.05) is 24.5 Å². The van der Waals surface area contributed by atoms with Crippen LogP contribution < -0.4 is 9.64 Å². The fraction of sp³-hybridized carbons (Fsp3) is 0.158. The number of rotatable bonds is 2. The molecule has 1 aromatic heterocycles. The Balaban J connectivity index is 2.03. The topological polar surface area (TPSA) is 68.2 Å². The molecule has 3 aromatic rings. The smallest absolute Gasteiger partial charge is 0.247 e. The molecule has 2 aromatic carbocycles. The molecule has 4 rings (SSSR count). The molecule has 10 heteroatoms. The van der Waals surface area contributed by atoms with Crippen LogP contribution in [0.1, 0.15) is 18.7 Å². The second kappa shape index (κ2) is 8.10. The fourth-order valence-corrected chi connectivity index (χ4v) is 4.14. The monoisotopic (exact) mass is 510 g/mol. The van der Waals surface area contributed by atoms with Gasteiger partial charge in [0.05, 0.1) is 15.7 Å². The van der Waals surface area contributed by atoms with Crippen molar-refractivity contribution in [3.8, 4) is 17.1 Å². The van der Waals surface area contributed by atoms with Crippen molar-refractivity contribution in [3.63, 3.8) is 0 Å². The van der Waals surface area contributed by atoms with Crippen LogP contribution in [0.4, 0.5) is 5.69 Å². The van der Waals surface area contributed by atoms with Crippen LogP contribution in [0.2, 0.25) is 10.0 Å². The first-order valence-corrected chi connectivity index (χ1v) is 11.2. The Hall–Kier alpha value is -1.87. The van der Waals surface area contributed by atoms with Crippen LogP contribution in [0.3, 0.4) is 0 Å². The highest BCUT2D eigenvalue weighted by molar-refractivity contribution is 9.10. The van der Waals surface area contributed by atoms with Crippen LogP contribution in [0, 0.1) is 0 Å². The van der Waals surface area contributed by atoms with Crippen LogP contribution in [0.25, 0.3) is 11.3 Å². The number of hydrogen-bond donors (Lipinski definition) is 0. The third kappa shape index (κ3) is 3.70. The van der Waals surface area contributed by atoms with Gasteiger partial charge in [-0.1, -0.05) is 63.0 Å². The first-order chi connectivity index (χ1) is 13.9. The van der Waals surface area contributed by atoms with E-state index in [0.29, 0.717) is 37.7 Å². The van der Waals surface area contributed by atoms with Gasteiger partial charge in [-0.05, 0) is 30.5 Å². The molecule has 0 fully saturated rings. The van der Waals surface area contributed by atoms with Crippen LogP contribution in [0.15, 0.2) is 46.0 Å². The van der Waals surface area contributed by atoms with Gasteiger partial charge in [-0.2, -0.15) is 4.98 Å². The number of thioether (sulfide) groups is 1. The summed E-state index contributed by atoms with van der Waals surface area (Å²) in [4.78, 5) is 18.7. The number of halogens is 3. The molecule has 0 bridgehead atoms. The van der Waals surface area contributed by atoms with E-state index < -0.39 is 6.23 Å². The molecular weight excluding hydrogens is 499 g/mol. The third-order valence-electron chi connectivity index (χ3n) is 4.34. The minimum atomic E-state index is -0.883. The highest BCUT2D eigenvalue weighted by Crippen LogP contribution is 2.46. The molecule has 0 spiro atoms. The minimum absolute atomic E-state index is 0.236. The molecule has 1 atom stereocenters. The molecule has 1 aliphatic heterocycles. The summed E-state index contributed by atoms with van der Waals surface area (Å²) >= 11 is 17.5. The zero-order valence-corrected chi connectivity index (χ0v) is 19.1. The maximum absolute atomic E-state index is 12.8. The number of carbonyl (C=O) groups excluding carboxylic acids is 1. The predicted octanol–water partition coefficient (Wildman–Crippen LogP) is 5.77. The molecule has 0 radical (unpaired) electrons. The van der Waals surface area contributed by atoms with E-state index in [9.17, 15) is 4.79 Å². The van der Waals surface area contributed by atoms with Crippen LogP contribution in [-0.4, -0.2) is 27.3 Å². The van der Waals surface area contributed by atoms with E-state index in [2.05, 4.69) is 31.1 Å². The first kappa shape index (κ1) is 20.4. The first-order valence-electron chi connectivity index (χ1n) is 8.39. The Morgan fingerprint density at radius 3 is 2.76 bits per heavy atom. The Bertz CT molecular complexity index is 1130. The molecule has 29 heavy (non-hydrogen) atoms. The highest BCUT2D eigenvalue weighted by Gasteiger charge is 2.36. The van der Waals surface area contributed by atoms with Gasteiger partial charge in [0.15, 0.2) is 5.69 Å². The molecule has 0 N–H and O–H groups in total. The molecular formula is C19H13BrCl2N4O2S. The average molecular weight is 512 g/mol. The van der Waals surface area contributed by atoms with Gasteiger partial charge < -0.3 is 4.74 Å². The molecule has 0 aliphatic carbocycles. The van der Waals surface area contributed by atoms with Crippen molar-refractivity contribution in [1.82, 2.24) is 15.2 Å². The number of fused-ring (bicyclic) bond motifs is 3. The zero-order chi connectivity index (χ0) is 20.7. The van der Waals surface area contributed by atoms with Crippen molar-refractivity contribution in [3.05, 3.63) is 56.5 Å². The highest BCUT2D eigenvalue weighted by atomic mass is 79.9. The number of hydrogen-bond acceptors (Lipinski definition) is 6. The van der Waals surface area contributed by atoms with E-state index in [-0.39, 0.29) is 11.8 Å². The number of benzene rings is 2. The van der Waals surface area contributed by atoms with E-state index in [4.69, 9.17) is 27.9 Å². The zero-order valence-electron chi connectivity index (χ0n) is 15.2. The van der Waals surface area contributed by atoms with Gasteiger partial charge in [0, 0.05) is 22.5 Å². The van der Waals surface area contributed by atoms with Crippen molar-refractivity contribution < 1.29 is 9.53 Å². The summed E-state index contributed by atoms with van der Waals surface area (Å²) in [6.07, 6.45) is 0.962. The van der Waals surface area contributed by atoms with E-state index >= 15 is 0 Å². The summed E-state index contributed by atoms with van der Waals surface area (Å²) < 4.78 is 7.06. The van der Waals surface area contributed by atoms with Gasteiger partial charge >= 0.3 is 0 Å². The standard InChI is InChI=1S/C19H13BrCl2N4O2S/c1-9(27)26-14-7-6-10(20)8-12(14)16-17(23-19(29-2)25-24-16)28-18(26)11-4-3-5-13(21)15(11)22/h3-8,18H,1-2H3. The number of ether oxygens (including phenoxy) is 1. The lowest BCUT2D eigenvalue weighted by Gasteiger charge is -2.30. The number of nitrogens with zero attached hydrogens (tertiary/aromatic N) is 4. The Kier molecular flexibility index (Phi) is 5.70. The summed E-state index contributed by atoms with van der Waals surface area (Å²) in [5, 5.41) is 9.57. The third-order valence-corrected chi connectivity index (χ3v) is 6.20. The van der Waals surface area contributed by atoms with Crippen LogP contribution in [-0.2, 0) is 4.79 Å². The van der Waals surface area contributed by atoms with Crippen LogP contribution >= 0.6 is 50.9 Å². The number of carbonyl (C=O) groups is 1. The maximum atomic E-state index is 12.8. The summed E-state index contributed by atoms with van der Waals surface area (Å²) in [5.41, 5.74) is 2.25. The average Bonchev–Trinajstić information content (AvgIpc) is 2.83. The molecule has 148 valence electrons. The Morgan fingerprint density at radius 1 is 1.24 bits per heavy atom. The Labute approximate surface area is 189 Å². The van der Waals surface area contributed by atoms with Crippen molar-refractivity contribution in [2.75, 3.05) is 11.2 Å². The number of anilines is 1.